The van der Waals surface area contributed by atoms with Crippen molar-refractivity contribution in [2.75, 3.05) is 13.7 Å². The molecule has 0 spiro atoms. The van der Waals surface area contributed by atoms with E-state index in [1.54, 1.807) is 31.4 Å². The zero-order chi connectivity index (χ0) is 15.2. The molecule has 0 atom stereocenters. The van der Waals surface area contributed by atoms with E-state index in [-0.39, 0.29) is 5.56 Å². The van der Waals surface area contributed by atoms with Crippen LogP contribution in [0.3, 0.4) is 0 Å². The van der Waals surface area contributed by atoms with Gasteiger partial charge >= 0.3 is 0 Å². The van der Waals surface area contributed by atoms with Crippen molar-refractivity contribution in [1.82, 2.24) is 15.5 Å². The number of nitrogens with one attached hydrogen (secondary N) is 2. The molecule has 0 bridgehead atoms. The second-order valence-electron chi connectivity index (χ2n) is 4.63. The van der Waals surface area contributed by atoms with Crippen LogP contribution in [-0.2, 0) is 6.54 Å². The first kappa shape index (κ1) is 15.5. The number of aromatic amines is 1. The smallest absolute Gasteiger partial charge is 0.268 e. The van der Waals surface area contributed by atoms with Crippen LogP contribution in [0.15, 0.2) is 29.1 Å². The topological polar surface area (TPSA) is 67.0 Å². The Labute approximate surface area is 128 Å². The third-order valence-electron chi connectivity index (χ3n) is 3.06. The van der Waals surface area contributed by atoms with Crippen molar-refractivity contribution < 1.29 is 4.74 Å². The summed E-state index contributed by atoms with van der Waals surface area (Å²) < 4.78 is 5.32. The molecule has 2 N–H and O–H groups in total. The monoisotopic (exact) mass is 307 g/mol. The maximum Gasteiger partial charge on any atom is 0.268 e. The summed E-state index contributed by atoms with van der Waals surface area (Å²) in [6.45, 7) is 3.44. The lowest BCUT2D eigenvalue weighted by Gasteiger charge is -2.09. The summed E-state index contributed by atoms with van der Waals surface area (Å²) in [6.07, 6.45) is 1.01. The number of ether oxygens (including phenoxy) is 1. The van der Waals surface area contributed by atoms with Gasteiger partial charge in [0.05, 0.1) is 12.8 Å². The zero-order valence-electron chi connectivity index (χ0n) is 12.1. The average Bonchev–Trinajstić information content (AvgIpc) is 2.49. The molecular formula is C15H18ClN3O2. The number of H-pyrrole nitrogens is 1. The Bertz CT molecular complexity index is 670. The first-order valence-corrected chi connectivity index (χ1v) is 7.16. The minimum Gasteiger partial charge on any atom is -0.496 e. The third-order valence-corrected chi connectivity index (χ3v) is 3.30. The van der Waals surface area contributed by atoms with Crippen LogP contribution in [0.25, 0.3) is 11.3 Å². The normalized spacial score (nSPS) is 10.6. The summed E-state index contributed by atoms with van der Waals surface area (Å²) in [5.41, 5.74) is 1.82. The van der Waals surface area contributed by atoms with E-state index in [2.05, 4.69) is 22.4 Å². The lowest BCUT2D eigenvalue weighted by Crippen LogP contribution is -2.22. The molecule has 0 aliphatic carbocycles. The maximum absolute atomic E-state index is 11.8. The standard InChI is InChI=1S/C15H18ClN3O2/c1-3-6-17-9-10-7-13(18-19-15(10)20)12-8-11(16)4-5-14(12)21-2/h4-5,7-8,17H,3,6,9H2,1-2H3,(H,19,20). The van der Waals surface area contributed by atoms with Crippen molar-refractivity contribution in [2.24, 2.45) is 0 Å². The van der Waals surface area contributed by atoms with Gasteiger partial charge in [-0.15, -0.1) is 0 Å². The van der Waals surface area contributed by atoms with E-state index < -0.39 is 0 Å². The number of halogens is 1. The van der Waals surface area contributed by atoms with Gasteiger partial charge in [0.2, 0.25) is 0 Å². The lowest BCUT2D eigenvalue weighted by atomic mass is 10.1. The van der Waals surface area contributed by atoms with E-state index in [1.165, 1.54) is 0 Å². The third kappa shape index (κ3) is 3.83. The predicted molar refractivity (Wildman–Crippen MR) is 83.9 cm³/mol. The summed E-state index contributed by atoms with van der Waals surface area (Å²) >= 11 is 6.03. The first-order chi connectivity index (χ1) is 10.2. The highest BCUT2D eigenvalue weighted by molar-refractivity contribution is 6.30. The molecule has 0 aliphatic heterocycles. The Morgan fingerprint density at radius 3 is 2.90 bits per heavy atom. The highest BCUT2D eigenvalue weighted by atomic mass is 35.5. The quantitative estimate of drug-likeness (QED) is 0.805. The van der Waals surface area contributed by atoms with Crippen molar-refractivity contribution >= 4 is 11.6 Å². The van der Waals surface area contributed by atoms with Gasteiger partial charge in [-0.05, 0) is 37.2 Å². The molecule has 0 radical (unpaired) electrons. The molecule has 1 aromatic heterocycles. The van der Waals surface area contributed by atoms with E-state index in [0.717, 1.165) is 18.5 Å². The number of rotatable bonds is 6. The molecule has 0 fully saturated rings. The van der Waals surface area contributed by atoms with Gasteiger partial charge in [0.25, 0.3) is 5.56 Å². The molecule has 0 saturated heterocycles. The Morgan fingerprint density at radius 2 is 2.19 bits per heavy atom. The summed E-state index contributed by atoms with van der Waals surface area (Å²) in [7, 11) is 1.59. The molecule has 112 valence electrons. The van der Waals surface area contributed by atoms with Gasteiger partial charge < -0.3 is 10.1 Å². The van der Waals surface area contributed by atoms with Gasteiger partial charge in [0.15, 0.2) is 0 Å². The van der Waals surface area contributed by atoms with Gasteiger partial charge in [-0.1, -0.05) is 18.5 Å². The minimum atomic E-state index is -0.191. The fraction of sp³-hybridized carbons (Fsp3) is 0.333. The molecule has 0 amide bonds. The number of aromatic nitrogens is 2. The van der Waals surface area contributed by atoms with Crippen LogP contribution < -0.4 is 15.6 Å². The number of nitrogens with zero attached hydrogens (tertiary/aromatic N) is 1. The zero-order valence-corrected chi connectivity index (χ0v) is 12.8. The number of benzene rings is 1. The molecule has 0 aliphatic rings. The molecule has 0 saturated carbocycles. The van der Waals surface area contributed by atoms with Crippen molar-refractivity contribution in [3.8, 4) is 17.0 Å². The van der Waals surface area contributed by atoms with E-state index in [9.17, 15) is 4.79 Å². The molecule has 21 heavy (non-hydrogen) atoms. The fourth-order valence-corrected chi connectivity index (χ4v) is 2.17. The van der Waals surface area contributed by atoms with E-state index in [0.29, 0.717) is 28.6 Å². The Kier molecular flexibility index (Phi) is 5.36. The van der Waals surface area contributed by atoms with Crippen LogP contribution >= 0.6 is 11.6 Å². The van der Waals surface area contributed by atoms with E-state index in [1.807, 2.05) is 0 Å². The van der Waals surface area contributed by atoms with Gasteiger partial charge in [-0.2, -0.15) is 5.10 Å². The van der Waals surface area contributed by atoms with Crippen LogP contribution in [-0.4, -0.2) is 23.9 Å². The molecule has 1 heterocycles. The predicted octanol–water partition coefficient (Wildman–Crippen LogP) is 2.60. The van der Waals surface area contributed by atoms with Gasteiger partial charge in [0, 0.05) is 22.7 Å². The van der Waals surface area contributed by atoms with Crippen molar-refractivity contribution in [3.05, 3.63) is 45.2 Å². The largest absolute Gasteiger partial charge is 0.496 e. The maximum atomic E-state index is 11.8. The number of hydrogen-bond acceptors (Lipinski definition) is 4. The van der Waals surface area contributed by atoms with Crippen LogP contribution in [0.2, 0.25) is 5.02 Å². The average molecular weight is 308 g/mol. The summed E-state index contributed by atoms with van der Waals surface area (Å²) in [5, 5.41) is 10.4. The molecule has 2 aromatic rings. The van der Waals surface area contributed by atoms with Gasteiger partial charge in [0.1, 0.15) is 5.75 Å². The Hall–Kier alpha value is -1.85. The van der Waals surface area contributed by atoms with Crippen LogP contribution in [0.1, 0.15) is 18.9 Å². The summed E-state index contributed by atoms with van der Waals surface area (Å²) in [6, 6.07) is 7.05. The number of hydrogen-bond donors (Lipinski definition) is 2. The molecule has 1 aromatic carbocycles. The summed E-state index contributed by atoms with van der Waals surface area (Å²) in [5.74, 6) is 0.659. The van der Waals surface area contributed by atoms with Crippen molar-refractivity contribution in [2.45, 2.75) is 19.9 Å². The molecule has 2 rings (SSSR count). The Morgan fingerprint density at radius 1 is 1.38 bits per heavy atom. The second kappa shape index (κ2) is 7.24. The first-order valence-electron chi connectivity index (χ1n) is 6.79. The second-order valence-corrected chi connectivity index (χ2v) is 5.07. The molecule has 6 heteroatoms. The van der Waals surface area contributed by atoms with Gasteiger partial charge in [-0.25, -0.2) is 5.10 Å². The molecule has 0 unspecified atom stereocenters. The minimum absolute atomic E-state index is 0.191. The van der Waals surface area contributed by atoms with E-state index >= 15 is 0 Å². The van der Waals surface area contributed by atoms with Crippen molar-refractivity contribution in [1.29, 1.82) is 0 Å². The summed E-state index contributed by atoms with van der Waals surface area (Å²) in [4.78, 5) is 11.8. The lowest BCUT2D eigenvalue weighted by molar-refractivity contribution is 0.416. The van der Waals surface area contributed by atoms with Gasteiger partial charge in [-0.3, -0.25) is 4.79 Å². The van der Waals surface area contributed by atoms with Crippen LogP contribution in [0.5, 0.6) is 5.75 Å². The molecular weight excluding hydrogens is 290 g/mol. The Balaban J connectivity index is 2.38. The van der Waals surface area contributed by atoms with Crippen LogP contribution in [0.4, 0.5) is 0 Å². The highest BCUT2D eigenvalue weighted by Crippen LogP contribution is 2.30. The number of methoxy groups -OCH3 is 1. The van der Waals surface area contributed by atoms with E-state index in [4.69, 9.17) is 16.3 Å². The fourth-order valence-electron chi connectivity index (χ4n) is 2.00. The highest BCUT2D eigenvalue weighted by Gasteiger charge is 2.11. The molecule has 5 nitrogen and oxygen atoms in total. The SMILES string of the molecule is CCCNCc1cc(-c2cc(Cl)ccc2OC)n[nH]c1=O. The van der Waals surface area contributed by atoms with Crippen LogP contribution in [0, 0.1) is 0 Å². The van der Waals surface area contributed by atoms with Crippen molar-refractivity contribution in [3.63, 3.8) is 0 Å².